The summed E-state index contributed by atoms with van der Waals surface area (Å²) in [6.07, 6.45) is 4.72. The molecule has 2 heterocycles. The van der Waals surface area contributed by atoms with Gasteiger partial charge in [-0.15, -0.1) is 0 Å². The lowest BCUT2D eigenvalue weighted by Gasteiger charge is -2.11. The van der Waals surface area contributed by atoms with Crippen LogP contribution in [0.25, 0.3) is 22.2 Å². The number of ether oxygens (including phenoxy) is 2. The van der Waals surface area contributed by atoms with E-state index in [2.05, 4.69) is 44.0 Å². The molecule has 2 unspecified atom stereocenters. The van der Waals surface area contributed by atoms with E-state index in [1.165, 1.54) is 12.0 Å². The molecule has 1 fully saturated rings. The van der Waals surface area contributed by atoms with Crippen LogP contribution in [0.3, 0.4) is 0 Å². The van der Waals surface area contributed by atoms with E-state index in [0.717, 1.165) is 51.3 Å². The number of hydrogen-bond donors (Lipinski definition) is 3. The van der Waals surface area contributed by atoms with Crippen LogP contribution in [0, 0.1) is 0 Å². The minimum atomic E-state index is 0.305. The fourth-order valence-electron chi connectivity index (χ4n) is 4.89. The number of amides is 1. The quantitative estimate of drug-likeness (QED) is 0.221. The molecule has 9 nitrogen and oxygen atoms in total. The Labute approximate surface area is 212 Å². The Morgan fingerprint density at radius 2 is 1.95 bits per heavy atom. The van der Waals surface area contributed by atoms with Crippen molar-refractivity contribution in [2.75, 3.05) is 24.9 Å². The number of aromatic amines is 1. The first-order valence-corrected chi connectivity index (χ1v) is 11.9. The first-order valence-electron chi connectivity index (χ1n) is 11.9. The van der Waals surface area contributed by atoms with Gasteiger partial charge in [0.05, 0.1) is 25.4 Å². The van der Waals surface area contributed by atoms with E-state index in [4.69, 9.17) is 13.9 Å². The smallest absolute Gasteiger partial charge is 0.211 e. The first kappa shape index (κ1) is 22.7. The first-order chi connectivity index (χ1) is 18.2. The van der Waals surface area contributed by atoms with Crippen molar-refractivity contribution in [3.8, 4) is 22.8 Å². The SMILES string of the molecule is COc1ccc(NC=O)c(C2CC2c2ccc3c(Nc4cc(-c5cocn5)ccc4OC)n[nH]c3c2)c1. The van der Waals surface area contributed by atoms with Gasteiger partial charge in [0.25, 0.3) is 0 Å². The molecule has 3 aromatic carbocycles. The molecule has 9 heteroatoms. The molecule has 2 aromatic heterocycles. The number of anilines is 3. The number of H-pyrrole nitrogens is 1. The maximum absolute atomic E-state index is 11.1. The molecule has 0 radical (unpaired) electrons. The molecule has 0 saturated heterocycles. The number of methoxy groups -OCH3 is 2. The topological polar surface area (TPSA) is 114 Å². The second-order valence-electron chi connectivity index (χ2n) is 8.96. The van der Waals surface area contributed by atoms with Crippen molar-refractivity contribution in [3.05, 3.63) is 78.4 Å². The van der Waals surface area contributed by atoms with Crippen LogP contribution in [0.4, 0.5) is 17.2 Å². The highest BCUT2D eigenvalue weighted by Crippen LogP contribution is 2.57. The third-order valence-electron chi connectivity index (χ3n) is 6.86. The number of oxazole rings is 1. The van der Waals surface area contributed by atoms with Crippen LogP contribution in [-0.2, 0) is 4.79 Å². The van der Waals surface area contributed by atoms with Gasteiger partial charge in [-0.3, -0.25) is 9.89 Å². The van der Waals surface area contributed by atoms with E-state index in [9.17, 15) is 4.79 Å². The summed E-state index contributed by atoms with van der Waals surface area (Å²) >= 11 is 0. The van der Waals surface area contributed by atoms with Gasteiger partial charge in [-0.2, -0.15) is 5.10 Å². The van der Waals surface area contributed by atoms with Crippen LogP contribution in [0.5, 0.6) is 11.5 Å². The molecule has 1 aliphatic carbocycles. The Balaban J connectivity index is 1.26. The summed E-state index contributed by atoms with van der Waals surface area (Å²) in [6.45, 7) is 0. The number of carbonyl (C=O) groups excluding carboxylic acids is 1. The summed E-state index contributed by atoms with van der Waals surface area (Å²) in [6, 6.07) is 17.9. The summed E-state index contributed by atoms with van der Waals surface area (Å²) in [5.41, 5.74) is 6.48. The highest BCUT2D eigenvalue weighted by atomic mass is 16.5. The van der Waals surface area contributed by atoms with Gasteiger partial charge in [0.15, 0.2) is 12.2 Å². The molecule has 37 heavy (non-hydrogen) atoms. The van der Waals surface area contributed by atoms with Gasteiger partial charge in [-0.1, -0.05) is 6.07 Å². The number of rotatable bonds is 9. The van der Waals surface area contributed by atoms with Gasteiger partial charge in [0.2, 0.25) is 6.41 Å². The molecule has 1 amide bonds. The predicted molar refractivity (Wildman–Crippen MR) is 141 cm³/mol. The number of carbonyl (C=O) groups is 1. The Kier molecular flexibility index (Phi) is 5.72. The average Bonchev–Trinajstić information content (AvgIpc) is 3.33. The van der Waals surface area contributed by atoms with Gasteiger partial charge in [-0.05, 0) is 77.9 Å². The third kappa shape index (κ3) is 4.24. The van der Waals surface area contributed by atoms with Crippen molar-refractivity contribution >= 4 is 34.5 Å². The van der Waals surface area contributed by atoms with Crippen molar-refractivity contribution in [2.45, 2.75) is 18.3 Å². The lowest BCUT2D eigenvalue weighted by molar-refractivity contribution is -0.105. The second-order valence-corrected chi connectivity index (χ2v) is 8.96. The molecule has 0 spiro atoms. The molecule has 3 N–H and O–H groups in total. The largest absolute Gasteiger partial charge is 0.497 e. The zero-order valence-electron chi connectivity index (χ0n) is 20.3. The molecule has 0 aliphatic heterocycles. The molecule has 5 aromatic rings. The van der Waals surface area contributed by atoms with Crippen LogP contribution in [0.1, 0.15) is 29.4 Å². The number of benzene rings is 3. The van der Waals surface area contributed by atoms with Crippen molar-refractivity contribution in [2.24, 2.45) is 0 Å². The van der Waals surface area contributed by atoms with Crippen LogP contribution in [0.2, 0.25) is 0 Å². The normalized spacial score (nSPS) is 16.4. The van der Waals surface area contributed by atoms with Crippen LogP contribution in [0.15, 0.2) is 71.7 Å². The van der Waals surface area contributed by atoms with E-state index in [1.807, 2.05) is 36.4 Å². The summed E-state index contributed by atoms with van der Waals surface area (Å²) in [7, 11) is 3.28. The second kappa shape index (κ2) is 9.34. The molecule has 186 valence electrons. The van der Waals surface area contributed by atoms with E-state index >= 15 is 0 Å². The number of fused-ring (bicyclic) bond motifs is 1. The van der Waals surface area contributed by atoms with Gasteiger partial charge >= 0.3 is 0 Å². The lowest BCUT2D eigenvalue weighted by atomic mass is 10.0. The molecule has 0 bridgehead atoms. The molecule has 6 rings (SSSR count). The maximum atomic E-state index is 11.1. The monoisotopic (exact) mass is 495 g/mol. The highest BCUT2D eigenvalue weighted by molar-refractivity contribution is 5.93. The van der Waals surface area contributed by atoms with E-state index in [0.29, 0.717) is 29.8 Å². The Morgan fingerprint density at radius 1 is 1.03 bits per heavy atom. The van der Waals surface area contributed by atoms with Crippen molar-refractivity contribution in [1.29, 1.82) is 0 Å². The van der Waals surface area contributed by atoms with Crippen LogP contribution in [-0.4, -0.2) is 35.8 Å². The molecule has 2 atom stereocenters. The van der Waals surface area contributed by atoms with Crippen molar-refractivity contribution in [1.82, 2.24) is 15.2 Å². The standard InChI is InChI=1S/C28H25N5O4/c1-35-18-5-7-23(29-14-34)22(11-18)21-12-20(21)16-3-6-19-24(9-16)32-33-28(19)31-25-10-17(4-8-27(25)36-2)26-13-37-15-30-26/h3-11,13-15,20-21H,12H2,1-2H3,(H,29,34)(H2,31,32,33). The number of nitrogens with one attached hydrogen (secondary N) is 3. The molecule has 1 saturated carbocycles. The fourth-order valence-corrected chi connectivity index (χ4v) is 4.89. The molecule has 1 aliphatic rings. The molecular formula is C28H25N5O4. The van der Waals surface area contributed by atoms with Crippen molar-refractivity contribution < 1.29 is 18.7 Å². The minimum absolute atomic E-state index is 0.305. The van der Waals surface area contributed by atoms with Crippen molar-refractivity contribution in [3.63, 3.8) is 0 Å². The van der Waals surface area contributed by atoms with Gasteiger partial charge in [0.1, 0.15) is 23.5 Å². The Hall–Kier alpha value is -4.79. The maximum Gasteiger partial charge on any atom is 0.211 e. The minimum Gasteiger partial charge on any atom is -0.497 e. The number of hydrogen-bond acceptors (Lipinski definition) is 7. The number of aromatic nitrogens is 3. The van der Waals surface area contributed by atoms with Crippen LogP contribution >= 0.6 is 0 Å². The lowest BCUT2D eigenvalue weighted by Crippen LogP contribution is -1.99. The summed E-state index contributed by atoms with van der Waals surface area (Å²) in [4.78, 5) is 15.3. The van der Waals surface area contributed by atoms with E-state index in [-0.39, 0.29) is 0 Å². The highest BCUT2D eigenvalue weighted by Gasteiger charge is 2.41. The van der Waals surface area contributed by atoms with Gasteiger partial charge < -0.3 is 24.5 Å². The number of nitrogens with zero attached hydrogens (tertiary/aromatic N) is 2. The zero-order valence-corrected chi connectivity index (χ0v) is 20.3. The summed E-state index contributed by atoms with van der Waals surface area (Å²) < 4.78 is 16.1. The summed E-state index contributed by atoms with van der Waals surface area (Å²) in [5.74, 6) is 2.83. The third-order valence-corrected chi connectivity index (χ3v) is 6.86. The van der Waals surface area contributed by atoms with Gasteiger partial charge in [-0.25, -0.2) is 4.98 Å². The van der Waals surface area contributed by atoms with Gasteiger partial charge in [0, 0.05) is 16.6 Å². The fraction of sp³-hybridized carbons (Fsp3) is 0.179. The van der Waals surface area contributed by atoms with E-state index < -0.39 is 0 Å². The predicted octanol–water partition coefficient (Wildman–Crippen LogP) is 5.82. The van der Waals surface area contributed by atoms with E-state index in [1.54, 1.807) is 20.5 Å². The van der Waals surface area contributed by atoms with Crippen LogP contribution < -0.4 is 20.1 Å². The Bertz CT molecular complexity index is 1580. The summed E-state index contributed by atoms with van der Waals surface area (Å²) in [5, 5.41) is 14.9. The zero-order chi connectivity index (χ0) is 25.4. The Morgan fingerprint density at radius 3 is 2.73 bits per heavy atom. The average molecular weight is 496 g/mol. The molecular weight excluding hydrogens is 470 g/mol.